The molecule has 0 spiro atoms. The van der Waals surface area contributed by atoms with Gasteiger partial charge in [0.15, 0.2) is 17.2 Å². The second-order valence-corrected chi connectivity index (χ2v) is 6.44. The van der Waals surface area contributed by atoms with E-state index in [2.05, 4.69) is 9.97 Å². The number of fused-ring (bicyclic) bond motifs is 2. The third-order valence-electron chi connectivity index (χ3n) is 3.91. The van der Waals surface area contributed by atoms with Crippen LogP contribution in [0.4, 0.5) is 0 Å². The van der Waals surface area contributed by atoms with Gasteiger partial charge in [-0.3, -0.25) is 4.79 Å². The molecule has 0 amide bonds. The zero-order valence-electron chi connectivity index (χ0n) is 13.5. The number of para-hydroxylation sites is 1. The molecular weight excluding hydrogens is 375 g/mol. The Morgan fingerprint density at radius 2 is 2.12 bits per heavy atom. The summed E-state index contributed by atoms with van der Waals surface area (Å²) in [4.78, 5) is 19.3. The summed E-state index contributed by atoms with van der Waals surface area (Å²) in [6.07, 6.45) is 1.60. The highest BCUT2D eigenvalue weighted by molar-refractivity contribution is 6.50. The van der Waals surface area contributed by atoms with Gasteiger partial charge in [0, 0.05) is 16.5 Å². The van der Waals surface area contributed by atoms with Crippen LogP contribution in [0.3, 0.4) is 0 Å². The molecule has 1 N–H and O–H groups in total. The highest BCUT2D eigenvalue weighted by Gasteiger charge is 2.11. The Hall–Kier alpha value is -2.76. The van der Waals surface area contributed by atoms with Gasteiger partial charge in [0.1, 0.15) is 5.76 Å². The Labute approximate surface area is 157 Å². The van der Waals surface area contributed by atoms with Gasteiger partial charge in [-0.1, -0.05) is 35.3 Å². The molecule has 0 fully saturated rings. The van der Waals surface area contributed by atoms with Crippen molar-refractivity contribution in [2.45, 2.75) is 0 Å². The van der Waals surface area contributed by atoms with Crippen LogP contribution >= 0.6 is 23.2 Å². The van der Waals surface area contributed by atoms with E-state index in [0.29, 0.717) is 33.0 Å². The molecule has 0 saturated carbocycles. The molecule has 26 heavy (non-hydrogen) atoms. The van der Waals surface area contributed by atoms with Gasteiger partial charge >= 0.3 is 0 Å². The van der Waals surface area contributed by atoms with Crippen LogP contribution in [0.1, 0.15) is 11.6 Å². The number of methoxy groups -OCH3 is 1. The maximum Gasteiger partial charge on any atom is 0.259 e. The van der Waals surface area contributed by atoms with E-state index in [0.717, 1.165) is 5.39 Å². The fourth-order valence-corrected chi connectivity index (χ4v) is 3.07. The summed E-state index contributed by atoms with van der Waals surface area (Å²) in [6.45, 7) is 0. The number of benzene rings is 2. The van der Waals surface area contributed by atoms with Crippen LogP contribution in [-0.2, 0) is 0 Å². The van der Waals surface area contributed by atoms with Gasteiger partial charge in [0.05, 0.1) is 23.0 Å². The van der Waals surface area contributed by atoms with E-state index < -0.39 is 0 Å². The number of furan rings is 1. The lowest BCUT2D eigenvalue weighted by molar-refractivity contribution is 0.410. The minimum absolute atomic E-state index is 0.247. The van der Waals surface area contributed by atoms with Crippen LogP contribution in [-0.4, -0.2) is 17.1 Å². The lowest BCUT2D eigenvalue weighted by Crippen LogP contribution is -2.10. The van der Waals surface area contributed by atoms with Crippen molar-refractivity contribution in [1.82, 2.24) is 9.97 Å². The number of aromatic amines is 1. The van der Waals surface area contributed by atoms with Crippen LogP contribution in [0, 0.1) is 0 Å². The molecular formula is C19H12Cl2N2O3. The molecule has 0 unspecified atom stereocenters. The average molecular weight is 387 g/mol. The average Bonchev–Trinajstić information content (AvgIpc) is 3.04. The first-order valence-corrected chi connectivity index (χ1v) is 8.44. The van der Waals surface area contributed by atoms with Crippen LogP contribution in [0.15, 0.2) is 51.7 Å². The maximum atomic E-state index is 12.3. The minimum Gasteiger partial charge on any atom is -0.493 e. The number of ether oxygens (including phenoxy) is 1. The lowest BCUT2D eigenvalue weighted by atomic mass is 10.2. The van der Waals surface area contributed by atoms with Crippen LogP contribution < -0.4 is 10.3 Å². The van der Waals surface area contributed by atoms with E-state index in [9.17, 15) is 4.79 Å². The third kappa shape index (κ3) is 2.96. The predicted octanol–water partition coefficient (Wildman–Crippen LogP) is 5.07. The van der Waals surface area contributed by atoms with Gasteiger partial charge in [-0.05, 0) is 30.3 Å². The first kappa shape index (κ1) is 16.7. The van der Waals surface area contributed by atoms with E-state index in [1.54, 1.807) is 31.4 Å². The number of halogens is 2. The number of H-pyrrole nitrogens is 1. The normalized spacial score (nSPS) is 12.0. The van der Waals surface area contributed by atoms with Gasteiger partial charge in [-0.15, -0.1) is 0 Å². The SMILES string of the molecule is COc1cccc2cc(C=C(Cl)c3nc4ccc(Cl)cc4c(=O)[nH]3)oc12. The number of nitrogens with zero attached hydrogens (tertiary/aromatic N) is 1. The summed E-state index contributed by atoms with van der Waals surface area (Å²) in [5.74, 6) is 1.40. The highest BCUT2D eigenvalue weighted by Crippen LogP contribution is 2.30. The number of nitrogens with one attached hydrogen (secondary N) is 1. The highest BCUT2D eigenvalue weighted by atomic mass is 35.5. The van der Waals surface area contributed by atoms with E-state index in [4.69, 9.17) is 32.4 Å². The van der Waals surface area contributed by atoms with Gasteiger partial charge < -0.3 is 14.1 Å². The molecule has 0 saturated heterocycles. The minimum atomic E-state index is -0.315. The van der Waals surface area contributed by atoms with E-state index >= 15 is 0 Å². The zero-order chi connectivity index (χ0) is 18.3. The van der Waals surface area contributed by atoms with Crippen molar-refractivity contribution >= 4 is 56.2 Å². The molecule has 0 aliphatic carbocycles. The first-order valence-electron chi connectivity index (χ1n) is 7.69. The summed E-state index contributed by atoms with van der Waals surface area (Å²) in [7, 11) is 1.58. The summed E-state index contributed by atoms with van der Waals surface area (Å²) < 4.78 is 11.1. The number of aromatic nitrogens is 2. The maximum absolute atomic E-state index is 12.3. The monoisotopic (exact) mass is 386 g/mol. The molecule has 7 heteroatoms. The molecule has 2 heterocycles. The van der Waals surface area contributed by atoms with Crippen molar-refractivity contribution < 1.29 is 9.15 Å². The van der Waals surface area contributed by atoms with Gasteiger partial charge in [-0.25, -0.2) is 4.98 Å². The van der Waals surface area contributed by atoms with Crippen molar-refractivity contribution in [2.75, 3.05) is 7.11 Å². The van der Waals surface area contributed by atoms with Crippen LogP contribution in [0.2, 0.25) is 5.02 Å². The van der Waals surface area contributed by atoms with Crippen molar-refractivity contribution in [2.24, 2.45) is 0 Å². The second kappa shape index (κ2) is 6.52. The third-order valence-corrected chi connectivity index (χ3v) is 4.43. The molecule has 0 aliphatic heterocycles. The summed E-state index contributed by atoms with van der Waals surface area (Å²) in [5.41, 5.74) is 0.816. The smallest absolute Gasteiger partial charge is 0.259 e. The van der Waals surface area contributed by atoms with Gasteiger partial charge in [0.25, 0.3) is 5.56 Å². The number of hydrogen-bond acceptors (Lipinski definition) is 4. The quantitative estimate of drug-likeness (QED) is 0.533. The molecule has 0 bridgehead atoms. The van der Waals surface area contributed by atoms with Gasteiger partial charge in [-0.2, -0.15) is 0 Å². The molecule has 0 atom stereocenters. The lowest BCUT2D eigenvalue weighted by Gasteiger charge is -2.02. The topological polar surface area (TPSA) is 68.1 Å². The Kier molecular flexibility index (Phi) is 4.18. The van der Waals surface area contributed by atoms with Crippen molar-refractivity contribution in [3.63, 3.8) is 0 Å². The summed E-state index contributed by atoms with van der Waals surface area (Å²) in [6, 6.07) is 12.3. The molecule has 4 rings (SSSR count). The fourth-order valence-electron chi connectivity index (χ4n) is 2.71. The Bertz CT molecular complexity index is 1220. The molecule has 130 valence electrons. The fraction of sp³-hybridized carbons (Fsp3) is 0.0526. The van der Waals surface area contributed by atoms with Crippen LogP contribution in [0.25, 0.3) is 33.0 Å². The first-order chi connectivity index (χ1) is 12.5. The molecule has 2 aromatic heterocycles. The van der Waals surface area contributed by atoms with Crippen molar-refractivity contribution in [3.8, 4) is 5.75 Å². The van der Waals surface area contributed by atoms with E-state index in [1.165, 1.54) is 0 Å². The van der Waals surface area contributed by atoms with E-state index in [1.807, 2.05) is 24.3 Å². The molecule has 2 aromatic carbocycles. The van der Waals surface area contributed by atoms with Crippen molar-refractivity contribution in [1.29, 1.82) is 0 Å². The molecule has 5 nitrogen and oxygen atoms in total. The van der Waals surface area contributed by atoms with Gasteiger partial charge in [0.2, 0.25) is 0 Å². The second-order valence-electron chi connectivity index (χ2n) is 5.60. The standard InChI is InChI=1S/C19H12Cl2N2O3/c1-25-16-4-2-3-10-7-12(26-17(10)16)9-14(21)18-22-15-6-5-11(20)8-13(15)19(24)23-18/h2-9H,1H3,(H,22,23,24). The Morgan fingerprint density at radius 1 is 1.27 bits per heavy atom. The molecule has 4 aromatic rings. The molecule has 0 radical (unpaired) electrons. The largest absolute Gasteiger partial charge is 0.493 e. The van der Waals surface area contributed by atoms with Crippen molar-refractivity contribution in [3.05, 3.63) is 69.4 Å². The Balaban J connectivity index is 1.80. The summed E-state index contributed by atoms with van der Waals surface area (Å²) in [5, 5.41) is 2.00. The summed E-state index contributed by atoms with van der Waals surface area (Å²) >= 11 is 12.3. The number of rotatable bonds is 3. The number of hydrogen-bond donors (Lipinski definition) is 1. The van der Waals surface area contributed by atoms with Crippen LogP contribution in [0.5, 0.6) is 5.75 Å². The predicted molar refractivity (Wildman–Crippen MR) is 104 cm³/mol. The van der Waals surface area contributed by atoms with E-state index in [-0.39, 0.29) is 16.4 Å². The zero-order valence-corrected chi connectivity index (χ0v) is 15.1. The molecule has 0 aliphatic rings. The Morgan fingerprint density at radius 3 is 2.92 bits per heavy atom.